The van der Waals surface area contributed by atoms with Crippen LogP contribution in [0.4, 0.5) is 14.9 Å². The van der Waals surface area contributed by atoms with Crippen molar-refractivity contribution in [3.05, 3.63) is 70.6 Å². The monoisotopic (exact) mass is 304 g/mol. The van der Waals surface area contributed by atoms with Crippen LogP contribution in [0.3, 0.4) is 0 Å². The average molecular weight is 305 g/mol. The third-order valence-electron chi connectivity index (χ3n) is 2.71. The minimum Gasteiger partial charge on any atom is -0.314 e. The Morgan fingerprint density at radius 1 is 1.24 bits per heavy atom. The number of hydrogen-bond donors (Lipinski definition) is 2. The van der Waals surface area contributed by atoms with Crippen LogP contribution in [-0.4, -0.2) is 6.03 Å². The Kier molecular flexibility index (Phi) is 4.95. The highest BCUT2D eigenvalue weighted by Gasteiger charge is 2.03. The van der Waals surface area contributed by atoms with E-state index in [1.165, 1.54) is 24.4 Å². The number of carbonyl (C=O) groups excluding carboxylic acids is 1. The Morgan fingerprint density at radius 3 is 2.76 bits per heavy atom. The topological polar surface area (TPSA) is 41.1 Å². The van der Waals surface area contributed by atoms with E-state index in [1.807, 2.05) is 31.2 Å². The van der Waals surface area contributed by atoms with E-state index in [9.17, 15) is 9.18 Å². The lowest BCUT2D eigenvalue weighted by Gasteiger charge is -2.05. The Balaban J connectivity index is 1.91. The van der Waals surface area contributed by atoms with E-state index in [0.29, 0.717) is 5.69 Å². The standard InChI is InChI=1S/C16H14ClFN2O/c1-11-3-2-4-12(9-11)7-8-19-16(21)20-13-5-6-15(18)14(17)10-13/h2-10H,1H3,(H2,19,20,21)/b8-7+. The summed E-state index contributed by atoms with van der Waals surface area (Å²) in [6.45, 7) is 2.00. The summed E-state index contributed by atoms with van der Waals surface area (Å²) in [6.07, 6.45) is 3.32. The first-order chi connectivity index (χ1) is 10.0. The van der Waals surface area contributed by atoms with Gasteiger partial charge in [0, 0.05) is 11.9 Å². The van der Waals surface area contributed by atoms with Gasteiger partial charge in [-0.15, -0.1) is 0 Å². The molecule has 0 heterocycles. The molecule has 0 saturated heterocycles. The summed E-state index contributed by atoms with van der Waals surface area (Å²) in [5.41, 5.74) is 2.55. The molecule has 0 aliphatic heterocycles. The van der Waals surface area contributed by atoms with Crippen molar-refractivity contribution in [2.45, 2.75) is 6.92 Å². The van der Waals surface area contributed by atoms with Crippen LogP contribution in [0.5, 0.6) is 0 Å². The van der Waals surface area contributed by atoms with Crippen molar-refractivity contribution in [2.24, 2.45) is 0 Å². The molecule has 0 aromatic heterocycles. The molecule has 21 heavy (non-hydrogen) atoms. The number of halogens is 2. The number of aryl methyl sites for hydroxylation is 1. The molecule has 0 spiro atoms. The van der Waals surface area contributed by atoms with Crippen LogP contribution in [0.2, 0.25) is 5.02 Å². The quantitative estimate of drug-likeness (QED) is 0.856. The summed E-state index contributed by atoms with van der Waals surface area (Å²) in [7, 11) is 0. The lowest BCUT2D eigenvalue weighted by molar-refractivity contribution is 0.255. The van der Waals surface area contributed by atoms with Crippen molar-refractivity contribution in [1.29, 1.82) is 0 Å². The first-order valence-corrected chi connectivity index (χ1v) is 6.68. The van der Waals surface area contributed by atoms with Gasteiger partial charge in [-0.2, -0.15) is 0 Å². The summed E-state index contributed by atoms with van der Waals surface area (Å²) < 4.78 is 13.0. The molecule has 0 bridgehead atoms. The number of amides is 2. The molecule has 0 atom stereocenters. The molecular weight excluding hydrogens is 291 g/mol. The Morgan fingerprint density at radius 2 is 2.05 bits per heavy atom. The van der Waals surface area contributed by atoms with Crippen LogP contribution < -0.4 is 10.6 Å². The molecule has 2 N–H and O–H groups in total. The first kappa shape index (κ1) is 15.1. The van der Waals surface area contributed by atoms with Crippen molar-refractivity contribution in [3.8, 4) is 0 Å². The van der Waals surface area contributed by atoms with E-state index in [4.69, 9.17) is 11.6 Å². The van der Waals surface area contributed by atoms with E-state index in [-0.39, 0.29) is 5.02 Å². The number of benzene rings is 2. The SMILES string of the molecule is Cc1cccc(/C=C/NC(=O)Nc2ccc(F)c(Cl)c2)c1. The largest absolute Gasteiger partial charge is 0.323 e. The molecule has 3 nitrogen and oxygen atoms in total. The fraction of sp³-hybridized carbons (Fsp3) is 0.0625. The molecule has 5 heteroatoms. The second kappa shape index (κ2) is 6.90. The van der Waals surface area contributed by atoms with E-state index in [2.05, 4.69) is 10.6 Å². The normalized spacial score (nSPS) is 10.6. The highest BCUT2D eigenvalue weighted by atomic mass is 35.5. The van der Waals surface area contributed by atoms with Crippen LogP contribution >= 0.6 is 11.6 Å². The maximum Gasteiger partial charge on any atom is 0.323 e. The predicted octanol–water partition coefficient (Wildman–Crippen LogP) is 4.58. The summed E-state index contributed by atoms with van der Waals surface area (Å²) in [5.74, 6) is -0.526. The van der Waals surface area contributed by atoms with Gasteiger partial charge in [-0.1, -0.05) is 41.4 Å². The zero-order chi connectivity index (χ0) is 15.2. The molecule has 0 aliphatic carbocycles. The van der Waals surface area contributed by atoms with Gasteiger partial charge < -0.3 is 10.6 Å². The Labute approximate surface area is 127 Å². The van der Waals surface area contributed by atoms with Gasteiger partial charge in [0.1, 0.15) is 5.82 Å². The number of carbonyl (C=O) groups is 1. The van der Waals surface area contributed by atoms with E-state index < -0.39 is 11.8 Å². The molecule has 2 aromatic rings. The molecule has 0 fully saturated rings. The zero-order valence-electron chi connectivity index (χ0n) is 11.4. The smallest absolute Gasteiger partial charge is 0.314 e. The minimum absolute atomic E-state index is 0.0388. The number of urea groups is 1. The fourth-order valence-corrected chi connectivity index (χ4v) is 1.91. The van der Waals surface area contributed by atoms with Crippen molar-refractivity contribution in [2.75, 3.05) is 5.32 Å². The lowest BCUT2D eigenvalue weighted by atomic mass is 10.1. The summed E-state index contributed by atoms with van der Waals surface area (Å²) in [6, 6.07) is 11.4. The second-order valence-corrected chi connectivity index (χ2v) is 4.88. The maximum absolute atomic E-state index is 13.0. The Hall–Kier alpha value is -2.33. The number of hydrogen-bond acceptors (Lipinski definition) is 1. The first-order valence-electron chi connectivity index (χ1n) is 6.30. The molecule has 2 rings (SSSR count). The second-order valence-electron chi connectivity index (χ2n) is 4.47. The van der Waals surface area contributed by atoms with Gasteiger partial charge in [-0.25, -0.2) is 9.18 Å². The van der Waals surface area contributed by atoms with Gasteiger partial charge in [-0.05, 0) is 36.8 Å². The minimum atomic E-state index is -0.526. The average Bonchev–Trinajstić information content (AvgIpc) is 2.43. The van der Waals surface area contributed by atoms with Crippen molar-refractivity contribution < 1.29 is 9.18 Å². The van der Waals surface area contributed by atoms with Gasteiger partial charge in [0.15, 0.2) is 0 Å². The summed E-state index contributed by atoms with van der Waals surface area (Å²) in [5, 5.41) is 5.08. The van der Waals surface area contributed by atoms with Gasteiger partial charge in [0.2, 0.25) is 0 Å². The van der Waals surface area contributed by atoms with E-state index in [0.717, 1.165) is 11.1 Å². The maximum atomic E-state index is 13.0. The van der Waals surface area contributed by atoms with Crippen LogP contribution in [0.1, 0.15) is 11.1 Å². The summed E-state index contributed by atoms with van der Waals surface area (Å²) >= 11 is 5.64. The summed E-state index contributed by atoms with van der Waals surface area (Å²) in [4.78, 5) is 11.7. The van der Waals surface area contributed by atoms with Crippen molar-refractivity contribution >= 4 is 29.4 Å². The van der Waals surface area contributed by atoms with Crippen LogP contribution in [0.25, 0.3) is 6.08 Å². The highest BCUT2D eigenvalue weighted by Crippen LogP contribution is 2.19. The molecule has 0 unspecified atom stereocenters. The molecule has 2 aromatic carbocycles. The Bertz CT molecular complexity index is 686. The van der Waals surface area contributed by atoms with Crippen LogP contribution in [0, 0.1) is 12.7 Å². The van der Waals surface area contributed by atoms with Crippen LogP contribution in [0.15, 0.2) is 48.7 Å². The number of rotatable bonds is 3. The van der Waals surface area contributed by atoms with Gasteiger partial charge >= 0.3 is 6.03 Å². The van der Waals surface area contributed by atoms with Gasteiger partial charge in [0.05, 0.1) is 5.02 Å². The van der Waals surface area contributed by atoms with Crippen LogP contribution in [-0.2, 0) is 0 Å². The number of nitrogens with one attached hydrogen (secondary N) is 2. The molecule has 2 amide bonds. The third-order valence-corrected chi connectivity index (χ3v) is 3.00. The fourth-order valence-electron chi connectivity index (χ4n) is 1.73. The molecule has 0 radical (unpaired) electrons. The number of anilines is 1. The third kappa shape index (κ3) is 4.61. The van der Waals surface area contributed by atoms with E-state index >= 15 is 0 Å². The van der Waals surface area contributed by atoms with E-state index in [1.54, 1.807) is 6.08 Å². The van der Waals surface area contributed by atoms with Crippen molar-refractivity contribution in [3.63, 3.8) is 0 Å². The molecule has 0 aliphatic rings. The highest BCUT2D eigenvalue weighted by molar-refractivity contribution is 6.31. The predicted molar refractivity (Wildman–Crippen MR) is 83.8 cm³/mol. The lowest BCUT2D eigenvalue weighted by Crippen LogP contribution is -2.23. The van der Waals surface area contributed by atoms with Gasteiger partial charge in [0.25, 0.3) is 0 Å². The molecule has 0 saturated carbocycles. The van der Waals surface area contributed by atoms with Gasteiger partial charge in [-0.3, -0.25) is 0 Å². The molecular formula is C16H14ClFN2O. The zero-order valence-corrected chi connectivity index (χ0v) is 12.1. The molecule has 108 valence electrons. The van der Waals surface area contributed by atoms with Crippen molar-refractivity contribution in [1.82, 2.24) is 5.32 Å².